The Morgan fingerprint density at radius 3 is 2.24 bits per heavy atom. The molecule has 2 bridgehead atoms. The van der Waals surface area contributed by atoms with Gasteiger partial charge in [-0.25, -0.2) is 19.6 Å². The van der Waals surface area contributed by atoms with Gasteiger partial charge in [0, 0.05) is 109 Å². The molecule has 3 saturated heterocycles. The van der Waals surface area contributed by atoms with Gasteiger partial charge in [0.05, 0.1) is 18.3 Å². The van der Waals surface area contributed by atoms with Crippen LogP contribution in [-0.2, 0) is 58.9 Å². The maximum Gasteiger partial charge on any atom is 0.407 e. The smallest absolute Gasteiger partial charge is 0.407 e. The van der Waals surface area contributed by atoms with Crippen LogP contribution in [0.15, 0.2) is 60.0 Å². The Balaban J connectivity index is 1.20. The molecule has 0 aromatic carbocycles. The van der Waals surface area contributed by atoms with Gasteiger partial charge >= 0.3 is 12.1 Å². The van der Waals surface area contributed by atoms with Gasteiger partial charge in [-0.1, -0.05) is 71.1 Å². The van der Waals surface area contributed by atoms with E-state index in [9.17, 15) is 39.0 Å². The van der Waals surface area contributed by atoms with Gasteiger partial charge in [0.25, 0.3) is 11.7 Å². The lowest BCUT2D eigenvalue weighted by Gasteiger charge is -2.42. The molecule has 456 valence electrons. The molecule has 4 aliphatic heterocycles. The highest BCUT2D eigenvalue weighted by molar-refractivity contribution is 6.39. The highest BCUT2D eigenvalue weighted by atomic mass is 16.6. The summed E-state index contributed by atoms with van der Waals surface area (Å²) in [6.07, 6.45) is 13.2. The number of anilines is 1. The first-order chi connectivity index (χ1) is 39.1. The Labute approximate surface area is 485 Å². The summed E-state index contributed by atoms with van der Waals surface area (Å²) in [5.74, 6) is -7.78. The van der Waals surface area contributed by atoms with Crippen molar-refractivity contribution in [2.24, 2.45) is 35.5 Å². The van der Waals surface area contributed by atoms with E-state index in [0.29, 0.717) is 75.7 Å². The molecule has 5 heterocycles. The normalized spacial score (nSPS) is 34.7. The molecule has 2 amide bonds. The van der Waals surface area contributed by atoms with Gasteiger partial charge in [-0.3, -0.25) is 19.2 Å². The van der Waals surface area contributed by atoms with Gasteiger partial charge in [-0.15, -0.1) is 0 Å². The van der Waals surface area contributed by atoms with Gasteiger partial charge in [0.15, 0.2) is 5.78 Å². The zero-order chi connectivity index (χ0) is 59.8. The van der Waals surface area contributed by atoms with Crippen LogP contribution in [0.5, 0.6) is 0 Å². The molecule has 6 rings (SSSR count). The van der Waals surface area contributed by atoms with E-state index in [2.05, 4.69) is 32.1 Å². The summed E-state index contributed by atoms with van der Waals surface area (Å²) < 4.78 is 35.9. The number of nitrogens with one attached hydrogen (secondary N) is 1. The molecule has 1 unspecified atom stereocenters. The Kier molecular flexibility index (Phi) is 25.0. The van der Waals surface area contributed by atoms with Crippen LogP contribution in [0.3, 0.4) is 0 Å². The number of Topliss-reactive ketones (excluding diaryl/α,β-unsaturated/α-hetero) is 3. The topological polar surface area (TPSA) is 246 Å². The third kappa shape index (κ3) is 17.7. The molecule has 1 aromatic rings. The van der Waals surface area contributed by atoms with Gasteiger partial charge in [0.2, 0.25) is 11.7 Å². The number of carbonyl (C=O) groups is 6. The van der Waals surface area contributed by atoms with E-state index in [1.807, 2.05) is 58.1 Å². The minimum Gasteiger partial charge on any atom is -0.460 e. The number of ether oxygens (including phenoxy) is 6. The molecule has 0 radical (unpaired) electrons. The zero-order valence-electron chi connectivity index (χ0n) is 50.5. The van der Waals surface area contributed by atoms with Crippen LogP contribution < -0.4 is 10.2 Å². The third-order valence-corrected chi connectivity index (χ3v) is 17.6. The number of likely N-dealkylation sites (N-methyl/N-ethyl adjacent to an activating group) is 1. The maximum absolute atomic E-state index is 14.7. The summed E-state index contributed by atoms with van der Waals surface area (Å²) in [4.78, 5) is 99.5. The number of fused-ring (bicyclic) bond motifs is 3. The maximum atomic E-state index is 14.7. The van der Waals surface area contributed by atoms with Gasteiger partial charge < -0.3 is 58.7 Å². The highest BCUT2D eigenvalue weighted by Gasteiger charge is 2.53. The van der Waals surface area contributed by atoms with Crippen molar-refractivity contribution in [2.75, 3.05) is 66.0 Å². The molecule has 82 heavy (non-hydrogen) atoms. The number of cyclic esters (lactones) is 1. The van der Waals surface area contributed by atoms with Gasteiger partial charge in [-0.05, 0) is 114 Å². The number of carbonyl (C=O) groups excluding carboxylic acids is 6. The first-order valence-corrected chi connectivity index (χ1v) is 29.7. The van der Waals surface area contributed by atoms with E-state index >= 15 is 0 Å². The monoisotopic (exact) mass is 1150 g/mol. The molecule has 5 aliphatic rings. The summed E-state index contributed by atoms with van der Waals surface area (Å²) in [6, 6.07) is -1.19. The average Bonchev–Trinajstić information content (AvgIpc) is 3.54. The number of aliphatic hydroxyl groups is 2. The molecule has 4 fully saturated rings. The summed E-state index contributed by atoms with van der Waals surface area (Å²) in [7, 11) is 6.60. The predicted molar refractivity (Wildman–Crippen MR) is 308 cm³/mol. The average molecular weight is 1150 g/mol. The number of allylic oxidation sites excluding steroid dienone is 6. The van der Waals surface area contributed by atoms with Crippen molar-refractivity contribution < 1.29 is 67.4 Å². The highest BCUT2D eigenvalue weighted by Crippen LogP contribution is 2.38. The van der Waals surface area contributed by atoms with E-state index < -0.39 is 102 Å². The lowest BCUT2D eigenvalue weighted by atomic mass is 9.78. The number of esters is 1. The summed E-state index contributed by atoms with van der Waals surface area (Å²) in [5.41, 5.74) is 1.96. The molecule has 15 atom stereocenters. The lowest BCUT2D eigenvalue weighted by Crippen LogP contribution is -2.61. The Morgan fingerprint density at radius 1 is 0.841 bits per heavy atom. The first-order valence-electron chi connectivity index (χ1n) is 29.7. The summed E-state index contributed by atoms with van der Waals surface area (Å²) in [6.45, 7) is 16.4. The first kappa shape index (κ1) is 65.9. The minimum atomic E-state index is -2.46. The quantitative estimate of drug-likeness (QED) is 0.126. The molecule has 1 saturated carbocycles. The van der Waals surface area contributed by atoms with Crippen LogP contribution in [0, 0.1) is 35.5 Å². The summed E-state index contributed by atoms with van der Waals surface area (Å²) in [5, 5.41) is 26.5. The minimum absolute atomic E-state index is 0.00238. The van der Waals surface area contributed by atoms with Crippen molar-refractivity contribution in [2.45, 2.75) is 187 Å². The fourth-order valence-corrected chi connectivity index (χ4v) is 12.2. The Morgan fingerprint density at radius 2 is 1.56 bits per heavy atom. The van der Waals surface area contributed by atoms with Crippen molar-refractivity contribution in [1.29, 1.82) is 0 Å². The second kappa shape index (κ2) is 31.1. The number of ketones is 3. The van der Waals surface area contributed by atoms with Crippen LogP contribution in [0.25, 0.3) is 0 Å². The molecule has 1 aliphatic carbocycles. The standard InChI is InChI=1S/C62H94N6O14/c1-38-17-13-12-14-18-39(2)51(77-9)33-47-22-20-44(7)62(76,82-47)57(72)58(73)68-24-16-15-19-48(68)59(74)80-52(34-49(69)40(3)30-43(6)55(71)56(79-11)54(70)42(5)29-38)41(4)31-45-21-23-50(53(32-45)78-10)81-61(75)65-37-46-35-63-60(64-36-46)67-27-25-66(8)26-28-67/h12-14,17-18,30,35-36,38,40-42,44-45,47-48,50-53,55-56,71,76H,15-16,19-29,31-34,37H2,1-11H3,(H,65,75)/b14-12?,17-13+,39-18?,43-30+/t38-,40-,41-,42?,44-,45+,47+,48+,50-,51+,52+,53-,55-,56+,62-/m1/s1. The van der Waals surface area contributed by atoms with Crippen molar-refractivity contribution in [3.63, 3.8) is 0 Å². The Hall–Kier alpha value is -5.22. The SMILES string of the molecule is CO[C@H]1C[C@@H]2CC[C@@H](C)[C@@](O)(O2)C(=O)C(=O)N2CCCC[C@H]2C(=O)O[C@H]([C@H](C)C[C@@H]2CC[C@@H](OC(=O)NCc3cnc(N4CCN(C)CC4)nc3)[C@H](OC)C2)CC(=O)[C@H](C)/C=C(\C)[C@@H](O)[C@@H](OC)C(=O)C(C)C[C@H](C)/C=C/C=CC=C1C. The number of rotatable bonds is 10. The third-order valence-electron chi connectivity index (χ3n) is 17.6. The van der Waals surface area contributed by atoms with Crippen molar-refractivity contribution in [1.82, 2.24) is 25.1 Å². The zero-order valence-corrected chi connectivity index (χ0v) is 50.5. The van der Waals surface area contributed by atoms with E-state index in [1.165, 1.54) is 12.0 Å². The number of alkyl carbamates (subject to hydrolysis) is 1. The number of aromatic nitrogens is 2. The molecule has 20 nitrogen and oxygen atoms in total. The number of methoxy groups -OCH3 is 3. The summed E-state index contributed by atoms with van der Waals surface area (Å²) >= 11 is 0. The fourth-order valence-electron chi connectivity index (χ4n) is 12.2. The predicted octanol–water partition coefficient (Wildman–Crippen LogP) is 6.66. The molecule has 1 aromatic heterocycles. The number of amides is 2. The van der Waals surface area contributed by atoms with Gasteiger partial charge in [-0.2, -0.15) is 0 Å². The van der Waals surface area contributed by atoms with Crippen LogP contribution in [0.4, 0.5) is 10.7 Å². The number of piperidine rings is 1. The molecule has 0 spiro atoms. The number of hydrogen-bond donors (Lipinski definition) is 3. The van der Waals surface area contributed by atoms with Crippen LogP contribution in [-0.4, -0.2) is 181 Å². The van der Waals surface area contributed by atoms with E-state index in [-0.39, 0.29) is 49.3 Å². The van der Waals surface area contributed by atoms with E-state index in [4.69, 9.17) is 28.4 Å². The molecule has 20 heteroatoms. The number of piperazine rings is 1. The van der Waals surface area contributed by atoms with Crippen molar-refractivity contribution in [3.8, 4) is 0 Å². The largest absolute Gasteiger partial charge is 0.460 e. The number of nitrogens with zero attached hydrogens (tertiary/aromatic N) is 5. The van der Waals surface area contributed by atoms with Crippen molar-refractivity contribution >= 4 is 41.3 Å². The molecule has 3 N–H and O–H groups in total. The molecular weight excluding hydrogens is 1050 g/mol. The second-order valence-corrected chi connectivity index (χ2v) is 24.0. The lowest BCUT2D eigenvalue weighted by molar-refractivity contribution is -0.265. The second-order valence-electron chi connectivity index (χ2n) is 24.0. The van der Waals surface area contributed by atoms with Crippen molar-refractivity contribution in [3.05, 3.63) is 65.6 Å². The molecular formula is C62H94N6O14. The van der Waals surface area contributed by atoms with Crippen LogP contribution in [0.2, 0.25) is 0 Å². The Bertz CT molecular complexity index is 2440. The van der Waals surface area contributed by atoms with Gasteiger partial charge in [0.1, 0.15) is 36.2 Å². The van der Waals surface area contributed by atoms with E-state index in [0.717, 1.165) is 37.3 Å². The number of aliphatic hydroxyl groups excluding tert-OH is 1. The number of hydrogen-bond acceptors (Lipinski definition) is 18. The van der Waals surface area contributed by atoms with Crippen LogP contribution in [0.1, 0.15) is 131 Å². The van der Waals surface area contributed by atoms with Crippen LogP contribution >= 0.6 is 0 Å². The fraction of sp³-hybridized carbons (Fsp3) is 0.710. The van der Waals surface area contributed by atoms with E-state index in [1.54, 1.807) is 53.5 Å².